The van der Waals surface area contributed by atoms with Gasteiger partial charge in [0, 0.05) is 24.3 Å². The van der Waals surface area contributed by atoms with Crippen LogP contribution in [0.5, 0.6) is 0 Å². The van der Waals surface area contributed by atoms with Crippen LogP contribution in [0.25, 0.3) is 11.3 Å². The maximum Gasteiger partial charge on any atom is 0.253 e. The van der Waals surface area contributed by atoms with Gasteiger partial charge in [-0.1, -0.05) is 32.6 Å². The summed E-state index contributed by atoms with van der Waals surface area (Å²) in [6.45, 7) is 5.33. The predicted octanol–water partition coefficient (Wildman–Crippen LogP) is 5.85. The van der Waals surface area contributed by atoms with Crippen LogP contribution in [0.4, 0.5) is 8.78 Å². The number of aromatic nitrogens is 1. The molecule has 1 heterocycles. The minimum absolute atomic E-state index is 0.147. The molecule has 0 bridgehead atoms. The van der Waals surface area contributed by atoms with Crippen LogP contribution in [0.3, 0.4) is 0 Å². The molecule has 0 radical (unpaired) electrons. The molecular weight excluding hydrogens is 358 g/mol. The minimum Gasteiger partial charge on any atom is -0.352 e. The van der Waals surface area contributed by atoms with Crippen LogP contribution in [-0.4, -0.2) is 17.0 Å². The Balaban J connectivity index is 1.99. The van der Waals surface area contributed by atoms with Crippen LogP contribution >= 0.6 is 0 Å². The van der Waals surface area contributed by atoms with Gasteiger partial charge in [-0.15, -0.1) is 0 Å². The molecular formula is C23H30F2N2O. The lowest BCUT2D eigenvalue weighted by Gasteiger charge is -2.24. The number of nitrogens with one attached hydrogen (secondary N) is 1. The third-order valence-corrected chi connectivity index (χ3v) is 5.80. The summed E-state index contributed by atoms with van der Waals surface area (Å²) in [6, 6.07) is 5.22. The zero-order valence-corrected chi connectivity index (χ0v) is 16.9. The first-order valence-electron chi connectivity index (χ1n) is 10.4. The highest BCUT2D eigenvalue weighted by atomic mass is 19.1. The van der Waals surface area contributed by atoms with Gasteiger partial charge in [0.15, 0.2) is 0 Å². The Hall–Kier alpha value is -2.17. The van der Waals surface area contributed by atoms with Crippen LogP contribution in [0.15, 0.2) is 24.3 Å². The average Bonchev–Trinajstić information content (AvgIpc) is 3.01. The molecule has 1 N–H and O–H groups in total. The summed E-state index contributed by atoms with van der Waals surface area (Å²) in [5.74, 6) is -0.590. The molecule has 1 aromatic heterocycles. The van der Waals surface area contributed by atoms with Crippen molar-refractivity contribution in [1.82, 2.24) is 9.88 Å². The summed E-state index contributed by atoms with van der Waals surface area (Å²) in [6.07, 6.45) is 7.87. The van der Waals surface area contributed by atoms with Crippen molar-refractivity contribution < 1.29 is 13.6 Å². The number of nitrogens with zero attached hydrogens (tertiary/aromatic N) is 1. The number of rotatable bonds is 7. The molecule has 1 aromatic carbocycles. The first-order valence-corrected chi connectivity index (χ1v) is 10.4. The summed E-state index contributed by atoms with van der Waals surface area (Å²) in [7, 11) is 0. The van der Waals surface area contributed by atoms with Crippen molar-refractivity contribution >= 4 is 5.91 Å². The molecule has 1 fully saturated rings. The number of amides is 1. The lowest BCUT2D eigenvalue weighted by atomic mass is 9.89. The fourth-order valence-electron chi connectivity index (χ4n) is 4.13. The molecule has 1 amide bonds. The molecule has 28 heavy (non-hydrogen) atoms. The van der Waals surface area contributed by atoms with E-state index >= 15 is 0 Å². The Bertz CT molecular complexity index is 822. The fraction of sp³-hybridized carbons (Fsp3) is 0.522. The van der Waals surface area contributed by atoms with Gasteiger partial charge in [0.2, 0.25) is 0 Å². The second-order valence-corrected chi connectivity index (χ2v) is 7.88. The van der Waals surface area contributed by atoms with E-state index in [1.807, 2.05) is 11.5 Å². The van der Waals surface area contributed by atoms with Gasteiger partial charge in [0.25, 0.3) is 5.91 Å². The molecule has 1 aliphatic carbocycles. The lowest BCUT2D eigenvalue weighted by Crippen LogP contribution is -2.25. The van der Waals surface area contributed by atoms with Crippen molar-refractivity contribution in [2.75, 3.05) is 6.54 Å². The van der Waals surface area contributed by atoms with E-state index in [0.29, 0.717) is 23.7 Å². The number of hydrogen-bond donors (Lipinski definition) is 1. The van der Waals surface area contributed by atoms with Gasteiger partial charge < -0.3 is 9.88 Å². The average molecular weight is 389 g/mol. The maximum atomic E-state index is 14.5. The standard InChI is InChI=1S/C23H30F2N2O/c1-3-4-12-26-23(28)19-14-22(20-13-18(24)10-11-21(20)25)27(16(19)2)15-17-8-6-5-7-9-17/h10-11,13-14,17H,3-9,12,15H2,1-2H3,(H,26,28). The van der Waals surface area contributed by atoms with Crippen molar-refractivity contribution in [3.05, 3.63) is 47.2 Å². The maximum absolute atomic E-state index is 14.5. The first kappa shape index (κ1) is 20.6. The van der Waals surface area contributed by atoms with E-state index in [9.17, 15) is 13.6 Å². The van der Waals surface area contributed by atoms with Crippen LogP contribution < -0.4 is 5.32 Å². The van der Waals surface area contributed by atoms with E-state index in [1.165, 1.54) is 25.3 Å². The quantitative estimate of drug-likeness (QED) is 0.593. The number of halogens is 2. The number of carbonyl (C=O) groups is 1. The molecule has 0 atom stereocenters. The Labute approximate surface area is 166 Å². The van der Waals surface area contributed by atoms with E-state index in [0.717, 1.165) is 50.1 Å². The van der Waals surface area contributed by atoms with Crippen molar-refractivity contribution in [2.45, 2.75) is 65.3 Å². The zero-order valence-electron chi connectivity index (χ0n) is 16.9. The SMILES string of the molecule is CCCCNC(=O)c1cc(-c2cc(F)ccc2F)n(CC2CCCCC2)c1C. The highest BCUT2D eigenvalue weighted by molar-refractivity contribution is 5.97. The van der Waals surface area contributed by atoms with Crippen molar-refractivity contribution in [2.24, 2.45) is 5.92 Å². The third kappa shape index (κ3) is 4.62. The molecule has 3 rings (SSSR count). The Morgan fingerprint density at radius 1 is 1.18 bits per heavy atom. The second kappa shape index (κ2) is 9.35. The van der Waals surface area contributed by atoms with Gasteiger partial charge in [-0.3, -0.25) is 4.79 Å². The van der Waals surface area contributed by atoms with Crippen molar-refractivity contribution in [1.29, 1.82) is 0 Å². The highest BCUT2D eigenvalue weighted by Crippen LogP contribution is 2.32. The Morgan fingerprint density at radius 3 is 2.64 bits per heavy atom. The number of unbranched alkanes of at least 4 members (excludes halogenated alkanes) is 1. The Kier molecular flexibility index (Phi) is 6.87. The van der Waals surface area contributed by atoms with Gasteiger partial charge in [0.1, 0.15) is 11.6 Å². The van der Waals surface area contributed by atoms with Crippen LogP contribution in [0.1, 0.15) is 67.9 Å². The molecule has 2 aromatic rings. The zero-order chi connectivity index (χ0) is 20.1. The van der Waals surface area contributed by atoms with E-state index in [4.69, 9.17) is 0 Å². The van der Waals surface area contributed by atoms with Gasteiger partial charge in [-0.05, 0) is 56.4 Å². The molecule has 1 aliphatic rings. The molecule has 5 heteroatoms. The summed E-state index contributed by atoms with van der Waals surface area (Å²) in [5.41, 5.74) is 2.16. The monoisotopic (exact) mass is 388 g/mol. The van der Waals surface area contributed by atoms with Crippen LogP contribution in [0.2, 0.25) is 0 Å². The van der Waals surface area contributed by atoms with Crippen molar-refractivity contribution in [3.8, 4) is 11.3 Å². The van der Waals surface area contributed by atoms with Crippen LogP contribution in [-0.2, 0) is 6.54 Å². The molecule has 1 saturated carbocycles. The summed E-state index contributed by atoms with van der Waals surface area (Å²) >= 11 is 0. The van der Waals surface area contributed by atoms with Gasteiger partial charge >= 0.3 is 0 Å². The predicted molar refractivity (Wildman–Crippen MR) is 108 cm³/mol. The minimum atomic E-state index is -0.478. The molecule has 3 nitrogen and oxygen atoms in total. The van der Waals surface area contributed by atoms with Crippen LogP contribution in [0, 0.1) is 24.5 Å². The number of hydrogen-bond acceptors (Lipinski definition) is 1. The lowest BCUT2D eigenvalue weighted by molar-refractivity contribution is 0.0952. The molecule has 152 valence electrons. The highest BCUT2D eigenvalue weighted by Gasteiger charge is 2.23. The summed E-state index contributed by atoms with van der Waals surface area (Å²) < 4.78 is 30.4. The number of carbonyl (C=O) groups excluding carboxylic acids is 1. The van der Waals surface area contributed by atoms with Gasteiger partial charge in [-0.25, -0.2) is 8.78 Å². The molecule has 0 unspecified atom stereocenters. The fourth-order valence-corrected chi connectivity index (χ4v) is 4.13. The van der Waals surface area contributed by atoms with Crippen molar-refractivity contribution in [3.63, 3.8) is 0 Å². The second-order valence-electron chi connectivity index (χ2n) is 7.88. The van der Waals surface area contributed by atoms with E-state index in [1.54, 1.807) is 6.07 Å². The number of benzene rings is 1. The van der Waals surface area contributed by atoms with E-state index in [2.05, 4.69) is 12.2 Å². The van der Waals surface area contributed by atoms with Gasteiger partial charge in [0.05, 0.1) is 11.3 Å². The summed E-state index contributed by atoms with van der Waals surface area (Å²) in [4.78, 5) is 12.7. The Morgan fingerprint density at radius 2 is 1.93 bits per heavy atom. The molecule has 0 aliphatic heterocycles. The largest absolute Gasteiger partial charge is 0.352 e. The topological polar surface area (TPSA) is 34.0 Å². The molecule has 0 spiro atoms. The van der Waals surface area contributed by atoms with E-state index in [-0.39, 0.29) is 11.5 Å². The van der Waals surface area contributed by atoms with Gasteiger partial charge in [-0.2, -0.15) is 0 Å². The smallest absolute Gasteiger partial charge is 0.253 e. The normalized spacial score (nSPS) is 15.0. The first-order chi connectivity index (χ1) is 13.5. The van der Waals surface area contributed by atoms with E-state index < -0.39 is 11.6 Å². The summed E-state index contributed by atoms with van der Waals surface area (Å²) in [5, 5.41) is 2.94. The third-order valence-electron chi connectivity index (χ3n) is 5.80. The molecule has 0 saturated heterocycles.